The van der Waals surface area contributed by atoms with Gasteiger partial charge in [-0.15, -0.1) is 0 Å². The first-order valence-electron chi connectivity index (χ1n) is 7.24. The fraction of sp³-hybridized carbons (Fsp3) is 0.278. The van der Waals surface area contributed by atoms with Crippen LogP contribution in [0.15, 0.2) is 42.5 Å². The van der Waals surface area contributed by atoms with Crippen molar-refractivity contribution < 1.29 is 18.0 Å². The molecule has 0 saturated heterocycles. The van der Waals surface area contributed by atoms with Gasteiger partial charge in [-0.1, -0.05) is 30.3 Å². The van der Waals surface area contributed by atoms with Crippen LogP contribution in [0.5, 0.6) is 0 Å². The molecule has 0 spiro atoms. The number of halogens is 3. The minimum Gasteiger partial charge on any atom is -0.352 e. The van der Waals surface area contributed by atoms with Crippen LogP contribution >= 0.6 is 0 Å². The van der Waals surface area contributed by atoms with Gasteiger partial charge in [0.1, 0.15) is 0 Å². The van der Waals surface area contributed by atoms with E-state index in [0.29, 0.717) is 5.56 Å². The highest BCUT2D eigenvalue weighted by Crippen LogP contribution is 2.29. The molecule has 0 fully saturated rings. The van der Waals surface area contributed by atoms with Crippen LogP contribution in [0.2, 0.25) is 0 Å². The van der Waals surface area contributed by atoms with Crippen molar-refractivity contribution in [1.82, 2.24) is 5.32 Å². The summed E-state index contributed by atoms with van der Waals surface area (Å²) < 4.78 is 37.9. The summed E-state index contributed by atoms with van der Waals surface area (Å²) in [5.74, 6) is -0.217. The van der Waals surface area contributed by atoms with Crippen LogP contribution < -0.4 is 5.32 Å². The Morgan fingerprint density at radius 1 is 1.00 bits per heavy atom. The maximum Gasteiger partial charge on any atom is 0.416 e. The zero-order chi connectivity index (χ0) is 17.0. The summed E-state index contributed by atoms with van der Waals surface area (Å²) in [6, 6.07) is 10.7. The van der Waals surface area contributed by atoms with Crippen LogP contribution in [0.1, 0.15) is 27.8 Å². The van der Waals surface area contributed by atoms with Gasteiger partial charge in [0.05, 0.1) is 12.0 Å². The quantitative estimate of drug-likeness (QED) is 0.899. The van der Waals surface area contributed by atoms with Gasteiger partial charge in [0.15, 0.2) is 0 Å². The monoisotopic (exact) mass is 321 g/mol. The van der Waals surface area contributed by atoms with E-state index in [1.807, 2.05) is 32.0 Å². The van der Waals surface area contributed by atoms with Gasteiger partial charge >= 0.3 is 6.18 Å². The third-order valence-corrected chi connectivity index (χ3v) is 3.68. The smallest absolute Gasteiger partial charge is 0.352 e. The highest BCUT2D eigenvalue weighted by atomic mass is 19.4. The van der Waals surface area contributed by atoms with Crippen LogP contribution in [-0.2, 0) is 23.9 Å². The summed E-state index contributed by atoms with van der Waals surface area (Å²) in [6.45, 7) is 4.04. The zero-order valence-electron chi connectivity index (χ0n) is 13.0. The topological polar surface area (TPSA) is 29.1 Å². The average molecular weight is 321 g/mol. The first-order chi connectivity index (χ1) is 10.8. The Labute approximate surface area is 133 Å². The van der Waals surface area contributed by atoms with E-state index in [0.717, 1.165) is 28.8 Å². The number of carbonyl (C=O) groups excluding carboxylic acids is 1. The Bertz CT molecular complexity index is 708. The Kier molecular flexibility index (Phi) is 5.08. The summed E-state index contributed by atoms with van der Waals surface area (Å²) in [4.78, 5) is 11.9. The zero-order valence-corrected chi connectivity index (χ0v) is 13.0. The molecule has 0 aromatic heterocycles. The molecule has 2 aromatic rings. The summed E-state index contributed by atoms with van der Waals surface area (Å²) in [7, 11) is 0. The number of alkyl halides is 3. The number of amides is 1. The molecule has 0 unspecified atom stereocenters. The van der Waals surface area contributed by atoms with Crippen LogP contribution in [0.25, 0.3) is 0 Å². The minimum atomic E-state index is -4.38. The second-order valence-electron chi connectivity index (χ2n) is 5.57. The molecular weight excluding hydrogens is 303 g/mol. The average Bonchev–Trinajstić information content (AvgIpc) is 2.48. The molecule has 2 aromatic carbocycles. The van der Waals surface area contributed by atoms with E-state index in [-0.39, 0.29) is 18.9 Å². The number of benzene rings is 2. The molecule has 0 atom stereocenters. The molecule has 23 heavy (non-hydrogen) atoms. The first kappa shape index (κ1) is 17.1. The van der Waals surface area contributed by atoms with Crippen molar-refractivity contribution in [2.24, 2.45) is 0 Å². The van der Waals surface area contributed by atoms with Gasteiger partial charge in [-0.2, -0.15) is 13.2 Å². The normalized spacial score (nSPS) is 11.3. The van der Waals surface area contributed by atoms with Crippen molar-refractivity contribution in [3.05, 3.63) is 70.3 Å². The molecule has 5 heteroatoms. The van der Waals surface area contributed by atoms with E-state index < -0.39 is 11.7 Å². The first-order valence-corrected chi connectivity index (χ1v) is 7.24. The molecule has 0 aliphatic heterocycles. The van der Waals surface area contributed by atoms with Gasteiger partial charge in [-0.25, -0.2) is 0 Å². The van der Waals surface area contributed by atoms with E-state index in [1.165, 1.54) is 6.07 Å². The van der Waals surface area contributed by atoms with Gasteiger partial charge in [0, 0.05) is 6.54 Å². The Morgan fingerprint density at radius 2 is 1.74 bits per heavy atom. The number of carbonyl (C=O) groups is 1. The molecule has 0 heterocycles. The van der Waals surface area contributed by atoms with Crippen LogP contribution in [0.3, 0.4) is 0 Å². The second kappa shape index (κ2) is 6.86. The SMILES string of the molecule is Cc1ccc(CC(=O)NCc2cccc(C(F)(F)F)c2)cc1C. The van der Waals surface area contributed by atoms with Crippen molar-refractivity contribution in [2.75, 3.05) is 0 Å². The molecule has 0 bridgehead atoms. The lowest BCUT2D eigenvalue weighted by Gasteiger charge is -2.10. The lowest BCUT2D eigenvalue weighted by molar-refractivity contribution is -0.137. The molecular formula is C18H18F3NO. The van der Waals surface area contributed by atoms with Gasteiger partial charge < -0.3 is 5.32 Å². The highest BCUT2D eigenvalue weighted by Gasteiger charge is 2.30. The van der Waals surface area contributed by atoms with Crippen LogP contribution in [-0.4, -0.2) is 5.91 Å². The second-order valence-corrected chi connectivity index (χ2v) is 5.57. The van der Waals surface area contributed by atoms with E-state index in [2.05, 4.69) is 5.32 Å². The Morgan fingerprint density at radius 3 is 2.39 bits per heavy atom. The minimum absolute atomic E-state index is 0.0770. The fourth-order valence-electron chi connectivity index (χ4n) is 2.22. The maximum atomic E-state index is 12.6. The molecule has 0 aliphatic carbocycles. The van der Waals surface area contributed by atoms with E-state index in [1.54, 1.807) is 6.07 Å². The molecule has 0 saturated carbocycles. The molecule has 0 aliphatic rings. The summed E-state index contributed by atoms with van der Waals surface area (Å²) in [6.07, 6.45) is -4.17. The third kappa shape index (κ3) is 4.84. The standard InChI is InChI=1S/C18H18F3NO/c1-12-6-7-14(8-13(12)2)10-17(23)22-11-15-4-3-5-16(9-15)18(19,20)21/h3-9H,10-11H2,1-2H3,(H,22,23). The Balaban J connectivity index is 1.95. The predicted molar refractivity (Wildman–Crippen MR) is 82.9 cm³/mol. The number of aryl methyl sites for hydroxylation is 2. The van der Waals surface area contributed by atoms with Crippen LogP contribution in [0, 0.1) is 13.8 Å². The van der Waals surface area contributed by atoms with Gasteiger partial charge in [-0.05, 0) is 48.2 Å². The summed E-state index contributed by atoms with van der Waals surface area (Å²) >= 11 is 0. The van der Waals surface area contributed by atoms with E-state index in [4.69, 9.17) is 0 Å². The number of rotatable bonds is 4. The van der Waals surface area contributed by atoms with E-state index >= 15 is 0 Å². The van der Waals surface area contributed by atoms with Crippen molar-refractivity contribution in [3.63, 3.8) is 0 Å². The van der Waals surface area contributed by atoms with Gasteiger partial charge in [-0.3, -0.25) is 4.79 Å². The largest absolute Gasteiger partial charge is 0.416 e. The molecule has 122 valence electrons. The van der Waals surface area contributed by atoms with Gasteiger partial charge in [0.2, 0.25) is 5.91 Å². The van der Waals surface area contributed by atoms with Gasteiger partial charge in [0.25, 0.3) is 0 Å². The fourth-order valence-corrected chi connectivity index (χ4v) is 2.22. The van der Waals surface area contributed by atoms with Crippen molar-refractivity contribution in [2.45, 2.75) is 33.0 Å². The lowest BCUT2D eigenvalue weighted by Crippen LogP contribution is -2.24. The molecule has 0 radical (unpaired) electrons. The predicted octanol–water partition coefficient (Wildman–Crippen LogP) is 4.18. The van der Waals surface area contributed by atoms with Crippen LogP contribution in [0.4, 0.5) is 13.2 Å². The molecule has 2 rings (SSSR count). The molecule has 1 N–H and O–H groups in total. The number of hydrogen-bond donors (Lipinski definition) is 1. The summed E-state index contributed by atoms with van der Waals surface area (Å²) in [5.41, 5.74) is 2.85. The van der Waals surface area contributed by atoms with E-state index in [9.17, 15) is 18.0 Å². The summed E-state index contributed by atoms with van der Waals surface area (Å²) in [5, 5.41) is 2.65. The van der Waals surface area contributed by atoms with Crippen molar-refractivity contribution >= 4 is 5.91 Å². The van der Waals surface area contributed by atoms with Crippen molar-refractivity contribution in [1.29, 1.82) is 0 Å². The molecule has 1 amide bonds. The highest BCUT2D eigenvalue weighted by molar-refractivity contribution is 5.78. The Hall–Kier alpha value is -2.30. The molecule has 2 nitrogen and oxygen atoms in total. The lowest BCUT2D eigenvalue weighted by atomic mass is 10.0. The number of hydrogen-bond acceptors (Lipinski definition) is 1. The van der Waals surface area contributed by atoms with Crippen molar-refractivity contribution in [3.8, 4) is 0 Å². The number of nitrogens with one attached hydrogen (secondary N) is 1. The maximum absolute atomic E-state index is 12.6. The third-order valence-electron chi connectivity index (χ3n) is 3.68.